The Morgan fingerprint density at radius 3 is 2.33 bits per heavy atom. The number of carboxylic acids is 1. The number of benzene rings is 2. The van der Waals surface area contributed by atoms with Gasteiger partial charge in [0.1, 0.15) is 16.6 Å². The van der Waals surface area contributed by atoms with Crippen LogP contribution in [0.3, 0.4) is 0 Å². The first-order valence-corrected chi connectivity index (χ1v) is 7.41. The quantitative estimate of drug-likeness (QED) is 0.606. The van der Waals surface area contributed by atoms with Crippen LogP contribution in [-0.4, -0.2) is 41.1 Å². The molecule has 8 nitrogen and oxygen atoms in total. The van der Waals surface area contributed by atoms with Crippen LogP contribution in [-0.2, 0) is 13.6 Å². The molecule has 2 aromatic heterocycles. The molecule has 0 atom stereocenters. The third kappa shape index (κ3) is 3.07. The molecular weight excluding hydrogens is 308 g/mol. The molecule has 0 saturated heterocycles. The molecule has 4 rings (SSSR count). The third-order valence-electron chi connectivity index (χ3n) is 3.45. The Balaban J connectivity index is 0.000000149. The zero-order chi connectivity index (χ0) is 17.1. The highest BCUT2D eigenvalue weighted by atomic mass is 16.4. The number of aromatic carboxylic acids is 1. The van der Waals surface area contributed by atoms with E-state index in [9.17, 15) is 4.79 Å². The fourth-order valence-corrected chi connectivity index (χ4v) is 2.31. The lowest BCUT2D eigenvalue weighted by molar-refractivity contribution is 0.0697. The number of hydrogen-bond acceptors (Lipinski definition) is 5. The van der Waals surface area contributed by atoms with Crippen LogP contribution in [0.2, 0.25) is 0 Å². The van der Waals surface area contributed by atoms with E-state index in [2.05, 4.69) is 20.5 Å². The predicted molar refractivity (Wildman–Crippen MR) is 88.7 cm³/mol. The van der Waals surface area contributed by atoms with Crippen molar-refractivity contribution in [1.29, 1.82) is 0 Å². The smallest absolute Gasteiger partial charge is 0.335 e. The van der Waals surface area contributed by atoms with Crippen molar-refractivity contribution in [3.8, 4) is 0 Å². The van der Waals surface area contributed by atoms with Crippen LogP contribution in [0, 0.1) is 0 Å². The van der Waals surface area contributed by atoms with Gasteiger partial charge in [-0.1, -0.05) is 17.3 Å². The van der Waals surface area contributed by atoms with Crippen molar-refractivity contribution < 1.29 is 9.90 Å². The lowest BCUT2D eigenvalue weighted by atomic mass is 10.2. The standard InChI is InChI=1S/C9H9N3O2.C7H7N3/c1-2-12-8-4-3-6(9(13)14)5-7(8)10-11-12;1-10-8-6-4-2-3-5-7(6)9-10/h3-5H,2H2,1H3,(H,13,14);2-5H,1H3. The van der Waals surface area contributed by atoms with Gasteiger partial charge in [-0.25, -0.2) is 9.48 Å². The van der Waals surface area contributed by atoms with Gasteiger partial charge in [-0.05, 0) is 37.3 Å². The first-order valence-electron chi connectivity index (χ1n) is 7.41. The molecule has 0 radical (unpaired) electrons. The monoisotopic (exact) mass is 324 g/mol. The molecule has 0 spiro atoms. The molecule has 8 heteroatoms. The van der Waals surface area contributed by atoms with Crippen LogP contribution in [0.1, 0.15) is 17.3 Å². The van der Waals surface area contributed by atoms with E-state index >= 15 is 0 Å². The summed E-state index contributed by atoms with van der Waals surface area (Å²) >= 11 is 0. The number of nitrogens with zero attached hydrogens (tertiary/aromatic N) is 6. The summed E-state index contributed by atoms with van der Waals surface area (Å²) in [5.74, 6) is -0.946. The molecule has 24 heavy (non-hydrogen) atoms. The first-order chi connectivity index (χ1) is 11.6. The van der Waals surface area contributed by atoms with Gasteiger partial charge < -0.3 is 5.11 Å². The Hall–Kier alpha value is -3.29. The number of fused-ring (bicyclic) bond motifs is 2. The zero-order valence-electron chi connectivity index (χ0n) is 13.3. The van der Waals surface area contributed by atoms with E-state index in [1.807, 2.05) is 38.2 Å². The zero-order valence-corrected chi connectivity index (χ0v) is 13.3. The Labute approximate surface area is 137 Å². The van der Waals surface area contributed by atoms with Crippen molar-refractivity contribution in [1.82, 2.24) is 30.0 Å². The highest BCUT2D eigenvalue weighted by Crippen LogP contribution is 2.13. The molecule has 0 unspecified atom stereocenters. The van der Waals surface area contributed by atoms with Crippen LogP contribution >= 0.6 is 0 Å². The van der Waals surface area contributed by atoms with E-state index < -0.39 is 5.97 Å². The number of aryl methyl sites for hydroxylation is 2. The van der Waals surface area contributed by atoms with Gasteiger partial charge in [-0.15, -0.1) is 5.10 Å². The molecule has 4 aromatic rings. The number of rotatable bonds is 2. The summed E-state index contributed by atoms with van der Waals surface area (Å²) < 4.78 is 1.72. The van der Waals surface area contributed by atoms with Gasteiger partial charge in [0.05, 0.1) is 11.1 Å². The predicted octanol–water partition coefficient (Wildman–Crippen LogP) is 2.12. The van der Waals surface area contributed by atoms with E-state index in [1.165, 1.54) is 6.07 Å². The van der Waals surface area contributed by atoms with Crippen molar-refractivity contribution in [3.63, 3.8) is 0 Å². The van der Waals surface area contributed by atoms with Gasteiger partial charge in [-0.3, -0.25) is 0 Å². The van der Waals surface area contributed by atoms with Crippen LogP contribution in [0.4, 0.5) is 0 Å². The Morgan fingerprint density at radius 2 is 1.75 bits per heavy atom. The van der Waals surface area contributed by atoms with Crippen molar-refractivity contribution in [2.45, 2.75) is 13.5 Å². The van der Waals surface area contributed by atoms with Crippen molar-refractivity contribution >= 4 is 28.0 Å². The average molecular weight is 324 g/mol. The van der Waals surface area contributed by atoms with Gasteiger partial charge in [0.25, 0.3) is 0 Å². The molecule has 2 heterocycles. The largest absolute Gasteiger partial charge is 0.478 e. The molecule has 0 bridgehead atoms. The summed E-state index contributed by atoms with van der Waals surface area (Å²) in [6.45, 7) is 2.68. The summed E-state index contributed by atoms with van der Waals surface area (Å²) in [5, 5.41) is 24.8. The fraction of sp³-hybridized carbons (Fsp3) is 0.188. The summed E-state index contributed by atoms with van der Waals surface area (Å²) in [7, 11) is 1.82. The molecule has 0 fully saturated rings. The van der Waals surface area contributed by atoms with Crippen molar-refractivity contribution in [2.24, 2.45) is 7.05 Å². The van der Waals surface area contributed by atoms with Gasteiger partial charge >= 0.3 is 5.97 Å². The van der Waals surface area contributed by atoms with E-state index in [4.69, 9.17) is 5.11 Å². The molecule has 2 aromatic carbocycles. The minimum absolute atomic E-state index is 0.237. The van der Waals surface area contributed by atoms with Crippen LogP contribution in [0.15, 0.2) is 42.5 Å². The van der Waals surface area contributed by atoms with Crippen LogP contribution in [0.25, 0.3) is 22.1 Å². The summed E-state index contributed by atoms with van der Waals surface area (Å²) in [6, 6.07) is 12.6. The second kappa shape index (κ2) is 6.45. The summed E-state index contributed by atoms with van der Waals surface area (Å²) in [6.07, 6.45) is 0. The lowest BCUT2D eigenvalue weighted by Crippen LogP contribution is -1.97. The Kier molecular flexibility index (Phi) is 4.19. The van der Waals surface area contributed by atoms with Crippen LogP contribution < -0.4 is 0 Å². The van der Waals surface area contributed by atoms with Crippen molar-refractivity contribution in [3.05, 3.63) is 48.0 Å². The van der Waals surface area contributed by atoms with E-state index in [0.717, 1.165) is 23.1 Å². The number of carboxylic acid groups (broad SMARTS) is 1. The number of aromatic nitrogens is 6. The number of hydrogen-bond donors (Lipinski definition) is 1. The lowest BCUT2D eigenvalue weighted by Gasteiger charge is -1.96. The molecular formula is C16H16N6O2. The van der Waals surface area contributed by atoms with E-state index in [-0.39, 0.29) is 5.56 Å². The second-order valence-electron chi connectivity index (χ2n) is 5.09. The molecule has 0 aliphatic heterocycles. The van der Waals surface area contributed by atoms with Gasteiger partial charge in [0, 0.05) is 13.6 Å². The van der Waals surface area contributed by atoms with E-state index in [0.29, 0.717) is 5.52 Å². The summed E-state index contributed by atoms with van der Waals surface area (Å²) in [5.41, 5.74) is 3.61. The molecule has 1 N–H and O–H groups in total. The Morgan fingerprint density at radius 1 is 1.08 bits per heavy atom. The normalized spacial score (nSPS) is 10.6. The minimum Gasteiger partial charge on any atom is -0.478 e. The molecule has 0 amide bonds. The first kappa shape index (κ1) is 15.6. The second-order valence-corrected chi connectivity index (χ2v) is 5.09. The maximum atomic E-state index is 10.7. The maximum absolute atomic E-state index is 10.7. The summed E-state index contributed by atoms with van der Waals surface area (Å²) in [4.78, 5) is 12.2. The van der Waals surface area contributed by atoms with E-state index in [1.54, 1.807) is 21.6 Å². The maximum Gasteiger partial charge on any atom is 0.335 e. The van der Waals surface area contributed by atoms with Crippen LogP contribution in [0.5, 0.6) is 0 Å². The molecule has 0 saturated carbocycles. The SMILES string of the molecule is CCn1nnc2cc(C(=O)O)ccc21.Cn1nc2ccccc2n1. The topological polar surface area (TPSA) is 98.7 Å². The van der Waals surface area contributed by atoms with Gasteiger partial charge in [-0.2, -0.15) is 15.0 Å². The van der Waals surface area contributed by atoms with Gasteiger partial charge in [0.2, 0.25) is 0 Å². The molecule has 0 aliphatic carbocycles. The molecule has 122 valence electrons. The fourth-order valence-electron chi connectivity index (χ4n) is 2.31. The van der Waals surface area contributed by atoms with Gasteiger partial charge in [0.15, 0.2) is 0 Å². The minimum atomic E-state index is -0.946. The third-order valence-corrected chi connectivity index (χ3v) is 3.45. The average Bonchev–Trinajstić information content (AvgIpc) is 3.16. The Bertz CT molecular complexity index is 971. The number of carbonyl (C=O) groups is 1. The molecule has 0 aliphatic rings. The highest BCUT2D eigenvalue weighted by Gasteiger charge is 2.07. The van der Waals surface area contributed by atoms with Crippen molar-refractivity contribution in [2.75, 3.05) is 0 Å². The highest BCUT2D eigenvalue weighted by molar-refractivity contribution is 5.92.